The molecule has 1 amide bonds. The lowest BCUT2D eigenvalue weighted by Gasteiger charge is -2.21. The summed E-state index contributed by atoms with van der Waals surface area (Å²) >= 11 is 0. The number of hydrogen-bond donors (Lipinski definition) is 1. The lowest BCUT2D eigenvalue weighted by Crippen LogP contribution is -2.45. The van der Waals surface area contributed by atoms with Crippen LogP contribution in [0.1, 0.15) is 24.8 Å². The Morgan fingerprint density at radius 3 is 2.57 bits per heavy atom. The van der Waals surface area contributed by atoms with Gasteiger partial charge in [0.1, 0.15) is 5.82 Å². The van der Waals surface area contributed by atoms with Crippen LogP contribution in [0, 0.1) is 5.82 Å². The number of halogens is 1. The van der Waals surface area contributed by atoms with Gasteiger partial charge in [-0.15, -0.1) is 0 Å². The zero-order chi connectivity index (χ0) is 15.6. The van der Waals surface area contributed by atoms with Crippen molar-refractivity contribution in [2.45, 2.75) is 25.3 Å². The van der Waals surface area contributed by atoms with Crippen molar-refractivity contribution in [3.05, 3.63) is 35.6 Å². The fourth-order valence-corrected chi connectivity index (χ4v) is 3.36. The van der Waals surface area contributed by atoms with Gasteiger partial charge in [-0.05, 0) is 31.0 Å². The highest BCUT2D eigenvalue weighted by Crippen LogP contribution is 2.27. The topological polar surface area (TPSA) is 66.5 Å². The molecule has 2 rings (SSSR count). The molecule has 0 bridgehead atoms. The second kappa shape index (κ2) is 6.11. The molecule has 7 heteroatoms. The first-order chi connectivity index (χ1) is 9.76. The highest BCUT2D eigenvalue weighted by atomic mass is 32.2. The van der Waals surface area contributed by atoms with E-state index in [-0.39, 0.29) is 17.6 Å². The number of carbonyl (C=O) groups excluding carboxylic acids is 1. The smallest absolute Gasteiger partial charge is 0.240 e. The summed E-state index contributed by atoms with van der Waals surface area (Å²) in [4.78, 5) is 13.8. The minimum Gasteiger partial charge on any atom is -0.341 e. The molecule has 1 aliphatic heterocycles. The second-order valence-electron chi connectivity index (χ2n) is 5.43. The molecule has 0 spiro atoms. The molecule has 1 fully saturated rings. The van der Waals surface area contributed by atoms with Crippen LogP contribution in [0.15, 0.2) is 24.3 Å². The SMILES string of the molecule is C[C@@H](NS(C)(=O)=O)C(=O)N1CC[C@@H](c2ccc(F)cc2)C1. The minimum atomic E-state index is -3.41. The Hall–Kier alpha value is -1.47. The normalized spacial score (nSPS) is 20.5. The van der Waals surface area contributed by atoms with Crippen molar-refractivity contribution in [1.82, 2.24) is 9.62 Å². The van der Waals surface area contributed by atoms with Crippen LogP contribution in [0.3, 0.4) is 0 Å². The number of likely N-dealkylation sites (tertiary alicyclic amines) is 1. The fraction of sp³-hybridized carbons (Fsp3) is 0.500. The van der Waals surface area contributed by atoms with E-state index in [1.165, 1.54) is 19.1 Å². The average molecular weight is 314 g/mol. The summed E-state index contributed by atoms with van der Waals surface area (Å²) in [7, 11) is -3.41. The quantitative estimate of drug-likeness (QED) is 0.904. The van der Waals surface area contributed by atoms with Crippen LogP contribution >= 0.6 is 0 Å². The molecule has 1 aliphatic rings. The number of nitrogens with zero attached hydrogens (tertiary/aromatic N) is 1. The predicted octanol–water partition coefficient (Wildman–Crippen LogP) is 1.08. The molecule has 0 unspecified atom stereocenters. The number of sulfonamides is 1. The number of benzene rings is 1. The summed E-state index contributed by atoms with van der Waals surface area (Å²) in [5, 5.41) is 0. The van der Waals surface area contributed by atoms with Gasteiger partial charge in [0, 0.05) is 19.0 Å². The third kappa shape index (κ3) is 4.25. The first kappa shape index (κ1) is 15.9. The van der Waals surface area contributed by atoms with E-state index in [0.29, 0.717) is 13.1 Å². The van der Waals surface area contributed by atoms with E-state index in [1.54, 1.807) is 17.0 Å². The Labute approximate surface area is 124 Å². The molecule has 5 nitrogen and oxygen atoms in total. The highest BCUT2D eigenvalue weighted by Gasteiger charge is 2.30. The molecule has 0 aromatic heterocycles. The van der Waals surface area contributed by atoms with E-state index in [2.05, 4.69) is 4.72 Å². The number of nitrogens with one attached hydrogen (secondary N) is 1. The molecular weight excluding hydrogens is 295 g/mol. The first-order valence-electron chi connectivity index (χ1n) is 6.78. The summed E-state index contributed by atoms with van der Waals surface area (Å²) in [5.74, 6) is -0.347. The molecule has 1 heterocycles. The Morgan fingerprint density at radius 1 is 1.38 bits per heavy atom. The Balaban J connectivity index is 1.98. The van der Waals surface area contributed by atoms with Crippen molar-refractivity contribution in [2.24, 2.45) is 0 Å². The number of rotatable bonds is 4. The largest absolute Gasteiger partial charge is 0.341 e. The second-order valence-corrected chi connectivity index (χ2v) is 7.21. The van der Waals surface area contributed by atoms with Crippen molar-refractivity contribution >= 4 is 15.9 Å². The zero-order valence-corrected chi connectivity index (χ0v) is 12.9. The van der Waals surface area contributed by atoms with Crippen LogP contribution in [-0.2, 0) is 14.8 Å². The maximum atomic E-state index is 12.9. The van der Waals surface area contributed by atoms with E-state index >= 15 is 0 Å². The van der Waals surface area contributed by atoms with Gasteiger partial charge in [0.2, 0.25) is 15.9 Å². The van der Waals surface area contributed by atoms with Crippen molar-refractivity contribution < 1.29 is 17.6 Å². The van der Waals surface area contributed by atoms with E-state index in [9.17, 15) is 17.6 Å². The Morgan fingerprint density at radius 2 is 2.00 bits per heavy atom. The maximum Gasteiger partial charge on any atom is 0.240 e. The van der Waals surface area contributed by atoms with E-state index in [0.717, 1.165) is 18.2 Å². The Kier molecular flexibility index (Phi) is 4.63. The molecular formula is C14H19FN2O3S. The van der Waals surface area contributed by atoms with Gasteiger partial charge < -0.3 is 4.90 Å². The molecule has 1 saturated heterocycles. The number of hydrogen-bond acceptors (Lipinski definition) is 3. The van der Waals surface area contributed by atoms with Gasteiger partial charge in [-0.25, -0.2) is 17.5 Å². The van der Waals surface area contributed by atoms with Crippen molar-refractivity contribution in [2.75, 3.05) is 19.3 Å². The molecule has 1 N–H and O–H groups in total. The standard InChI is InChI=1S/C14H19FN2O3S/c1-10(16-21(2,19)20)14(18)17-8-7-12(9-17)11-3-5-13(15)6-4-11/h3-6,10,12,16H,7-9H2,1-2H3/t10-,12-/m1/s1. The van der Waals surface area contributed by atoms with Gasteiger partial charge in [-0.2, -0.15) is 0 Å². The van der Waals surface area contributed by atoms with Crippen LogP contribution < -0.4 is 4.72 Å². The monoisotopic (exact) mass is 314 g/mol. The molecule has 1 aromatic carbocycles. The molecule has 0 aliphatic carbocycles. The van der Waals surface area contributed by atoms with Crippen molar-refractivity contribution in [3.8, 4) is 0 Å². The van der Waals surface area contributed by atoms with Crippen LogP contribution in [-0.4, -0.2) is 44.6 Å². The lowest BCUT2D eigenvalue weighted by molar-refractivity contribution is -0.131. The van der Waals surface area contributed by atoms with Crippen LogP contribution in [0.4, 0.5) is 4.39 Å². The van der Waals surface area contributed by atoms with Gasteiger partial charge in [0.05, 0.1) is 12.3 Å². The van der Waals surface area contributed by atoms with Crippen molar-refractivity contribution in [1.29, 1.82) is 0 Å². The predicted molar refractivity (Wildman–Crippen MR) is 77.8 cm³/mol. The van der Waals surface area contributed by atoms with Gasteiger partial charge in [0.25, 0.3) is 0 Å². The summed E-state index contributed by atoms with van der Waals surface area (Å²) in [5.41, 5.74) is 0.996. The van der Waals surface area contributed by atoms with E-state index in [4.69, 9.17) is 0 Å². The van der Waals surface area contributed by atoms with Gasteiger partial charge in [-0.3, -0.25) is 4.79 Å². The summed E-state index contributed by atoms with van der Waals surface area (Å²) in [6, 6.07) is 5.51. The highest BCUT2D eigenvalue weighted by molar-refractivity contribution is 7.88. The van der Waals surface area contributed by atoms with Crippen LogP contribution in [0.2, 0.25) is 0 Å². The first-order valence-corrected chi connectivity index (χ1v) is 8.67. The summed E-state index contributed by atoms with van der Waals surface area (Å²) in [6.07, 6.45) is 1.82. The molecule has 0 saturated carbocycles. The zero-order valence-electron chi connectivity index (χ0n) is 12.0. The number of carbonyl (C=O) groups is 1. The third-order valence-electron chi connectivity index (χ3n) is 3.60. The van der Waals surface area contributed by atoms with Crippen molar-refractivity contribution in [3.63, 3.8) is 0 Å². The minimum absolute atomic E-state index is 0.167. The third-order valence-corrected chi connectivity index (χ3v) is 4.38. The summed E-state index contributed by atoms with van der Waals surface area (Å²) < 4.78 is 37.5. The Bertz CT molecular complexity index is 616. The number of amides is 1. The van der Waals surface area contributed by atoms with Crippen LogP contribution in [0.25, 0.3) is 0 Å². The van der Waals surface area contributed by atoms with Gasteiger partial charge in [-0.1, -0.05) is 12.1 Å². The molecule has 116 valence electrons. The average Bonchev–Trinajstić information content (AvgIpc) is 2.86. The van der Waals surface area contributed by atoms with E-state index in [1.807, 2.05) is 0 Å². The maximum absolute atomic E-state index is 12.9. The summed E-state index contributed by atoms with van der Waals surface area (Å²) in [6.45, 7) is 2.64. The molecule has 1 aromatic rings. The van der Waals surface area contributed by atoms with Gasteiger partial charge in [0.15, 0.2) is 0 Å². The fourth-order valence-electron chi connectivity index (χ4n) is 2.61. The molecule has 2 atom stereocenters. The van der Waals surface area contributed by atoms with Crippen LogP contribution in [0.5, 0.6) is 0 Å². The lowest BCUT2D eigenvalue weighted by atomic mass is 9.99. The molecule has 0 radical (unpaired) electrons. The molecule has 21 heavy (non-hydrogen) atoms. The van der Waals surface area contributed by atoms with Gasteiger partial charge >= 0.3 is 0 Å². The van der Waals surface area contributed by atoms with E-state index < -0.39 is 16.1 Å².